The van der Waals surface area contributed by atoms with E-state index in [1.54, 1.807) is 6.92 Å². The first-order chi connectivity index (χ1) is 5.48. The molecule has 2 heteroatoms. The Kier molecular flexibility index (Phi) is 2.57. The monoisotopic (exact) mass is 170 g/mol. The second-order valence-corrected chi connectivity index (χ2v) is 4.25. The quantitative estimate of drug-likeness (QED) is 0.651. The molecule has 0 aromatic heterocycles. The predicted octanol–water partition coefficient (Wildman–Crippen LogP) is 1.76. The van der Waals surface area contributed by atoms with E-state index < -0.39 is 11.5 Å². The largest absolute Gasteiger partial charge is 0.392 e. The molecule has 0 amide bonds. The fourth-order valence-electron chi connectivity index (χ4n) is 2.01. The summed E-state index contributed by atoms with van der Waals surface area (Å²) in [5.41, 5.74) is -0.475. The molecule has 0 spiro atoms. The van der Waals surface area contributed by atoms with E-state index in [2.05, 4.69) is 0 Å². The summed E-state index contributed by atoms with van der Waals surface area (Å²) in [6, 6.07) is 0. The third kappa shape index (κ3) is 1.40. The molecule has 0 radical (unpaired) electrons. The Balaban J connectivity index is 2.81. The Morgan fingerprint density at radius 3 is 2.67 bits per heavy atom. The molecule has 1 aliphatic carbocycles. The Labute approximate surface area is 74.0 Å². The standard InChI is InChI=1S/C10H18O2/c1-7-5-4-6-10(3,8(2)11)9(7)12/h7-8,11H,4-6H2,1-3H3/t7-,8-,10?/m1/s1. The summed E-state index contributed by atoms with van der Waals surface area (Å²) in [5, 5.41) is 9.50. The number of rotatable bonds is 1. The van der Waals surface area contributed by atoms with Crippen LogP contribution >= 0.6 is 0 Å². The van der Waals surface area contributed by atoms with E-state index in [1.165, 1.54) is 0 Å². The average Bonchev–Trinajstić information content (AvgIpc) is 2.00. The Hall–Kier alpha value is -0.370. The smallest absolute Gasteiger partial charge is 0.144 e. The zero-order chi connectivity index (χ0) is 9.35. The van der Waals surface area contributed by atoms with Crippen molar-refractivity contribution in [3.8, 4) is 0 Å². The number of carbonyl (C=O) groups is 1. The van der Waals surface area contributed by atoms with Crippen molar-refractivity contribution < 1.29 is 9.90 Å². The molecular formula is C10H18O2. The topological polar surface area (TPSA) is 37.3 Å². The zero-order valence-electron chi connectivity index (χ0n) is 8.13. The van der Waals surface area contributed by atoms with Crippen LogP contribution in [0.25, 0.3) is 0 Å². The molecule has 2 nitrogen and oxygen atoms in total. The highest BCUT2D eigenvalue weighted by Crippen LogP contribution is 2.38. The molecule has 12 heavy (non-hydrogen) atoms. The molecule has 1 unspecified atom stereocenters. The lowest BCUT2D eigenvalue weighted by atomic mass is 9.67. The highest BCUT2D eigenvalue weighted by Gasteiger charge is 2.42. The molecule has 1 aliphatic rings. The van der Waals surface area contributed by atoms with Gasteiger partial charge < -0.3 is 5.11 Å². The van der Waals surface area contributed by atoms with Crippen molar-refractivity contribution in [3.05, 3.63) is 0 Å². The van der Waals surface area contributed by atoms with Gasteiger partial charge in [-0.1, -0.05) is 20.3 Å². The molecular weight excluding hydrogens is 152 g/mol. The molecule has 0 aromatic carbocycles. The van der Waals surface area contributed by atoms with Crippen LogP contribution in [0.5, 0.6) is 0 Å². The van der Waals surface area contributed by atoms with Gasteiger partial charge in [-0.3, -0.25) is 4.79 Å². The van der Waals surface area contributed by atoms with Crippen LogP contribution in [0.2, 0.25) is 0 Å². The minimum Gasteiger partial charge on any atom is -0.392 e. The van der Waals surface area contributed by atoms with Gasteiger partial charge in [0.05, 0.1) is 11.5 Å². The second kappa shape index (κ2) is 3.17. The van der Waals surface area contributed by atoms with Gasteiger partial charge in [0, 0.05) is 5.92 Å². The highest BCUT2D eigenvalue weighted by molar-refractivity contribution is 5.87. The molecule has 0 aliphatic heterocycles. The van der Waals surface area contributed by atoms with Gasteiger partial charge in [0.2, 0.25) is 0 Å². The van der Waals surface area contributed by atoms with E-state index in [1.807, 2.05) is 13.8 Å². The number of hydrogen-bond donors (Lipinski definition) is 1. The third-order valence-corrected chi connectivity index (χ3v) is 3.27. The Bertz CT molecular complexity index is 186. The lowest BCUT2D eigenvalue weighted by Crippen LogP contribution is -2.44. The normalized spacial score (nSPS) is 39.7. The van der Waals surface area contributed by atoms with Gasteiger partial charge in [-0.2, -0.15) is 0 Å². The van der Waals surface area contributed by atoms with Gasteiger partial charge in [0.25, 0.3) is 0 Å². The summed E-state index contributed by atoms with van der Waals surface area (Å²) in [7, 11) is 0. The van der Waals surface area contributed by atoms with Crippen molar-refractivity contribution in [1.29, 1.82) is 0 Å². The van der Waals surface area contributed by atoms with Gasteiger partial charge >= 0.3 is 0 Å². The fraction of sp³-hybridized carbons (Fsp3) is 0.900. The summed E-state index contributed by atoms with van der Waals surface area (Å²) in [5.74, 6) is 0.377. The zero-order valence-corrected chi connectivity index (χ0v) is 8.13. The predicted molar refractivity (Wildman–Crippen MR) is 47.8 cm³/mol. The Morgan fingerprint density at radius 1 is 1.67 bits per heavy atom. The molecule has 0 aromatic rings. The van der Waals surface area contributed by atoms with Crippen molar-refractivity contribution in [1.82, 2.24) is 0 Å². The molecule has 70 valence electrons. The maximum absolute atomic E-state index is 11.7. The summed E-state index contributed by atoms with van der Waals surface area (Å²) in [6.45, 7) is 5.56. The first-order valence-corrected chi connectivity index (χ1v) is 4.71. The van der Waals surface area contributed by atoms with Crippen LogP contribution in [0.3, 0.4) is 0 Å². The first kappa shape index (κ1) is 9.72. The minimum absolute atomic E-state index is 0.137. The van der Waals surface area contributed by atoms with Crippen LogP contribution in [-0.4, -0.2) is 17.0 Å². The number of ketones is 1. The molecule has 1 fully saturated rings. The Morgan fingerprint density at radius 2 is 2.25 bits per heavy atom. The van der Waals surface area contributed by atoms with Crippen LogP contribution in [0.1, 0.15) is 40.0 Å². The lowest BCUT2D eigenvalue weighted by molar-refractivity contribution is -0.141. The van der Waals surface area contributed by atoms with Crippen LogP contribution in [-0.2, 0) is 4.79 Å². The molecule has 1 saturated carbocycles. The van der Waals surface area contributed by atoms with Gasteiger partial charge in [0.1, 0.15) is 5.78 Å². The van der Waals surface area contributed by atoms with E-state index in [-0.39, 0.29) is 11.7 Å². The molecule has 0 saturated heterocycles. The third-order valence-electron chi connectivity index (χ3n) is 3.27. The number of Topliss-reactive ketones (excluding diaryl/α,β-unsaturated/α-hetero) is 1. The maximum Gasteiger partial charge on any atom is 0.144 e. The van der Waals surface area contributed by atoms with Crippen LogP contribution in [0.15, 0.2) is 0 Å². The van der Waals surface area contributed by atoms with Crippen molar-refractivity contribution >= 4 is 5.78 Å². The summed E-state index contributed by atoms with van der Waals surface area (Å²) in [6.07, 6.45) is 2.39. The number of hydrogen-bond acceptors (Lipinski definition) is 2. The molecule has 0 heterocycles. The number of carbonyl (C=O) groups excluding carboxylic acids is 1. The van der Waals surface area contributed by atoms with Gasteiger partial charge in [0.15, 0.2) is 0 Å². The van der Waals surface area contributed by atoms with Crippen LogP contribution < -0.4 is 0 Å². The number of aliphatic hydroxyl groups excluding tert-OH is 1. The molecule has 1 rings (SSSR count). The van der Waals surface area contributed by atoms with Crippen molar-refractivity contribution in [2.75, 3.05) is 0 Å². The SMILES string of the molecule is C[C@@H]1CCCC(C)([C@@H](C)O)C1=O. The maximum atomic E-state index is 11.7. The van der Waals surface area contributed by atoms with E-state index in [0.29, 0.717) is 0 Å². The first-order valence-electron chi connectivity index (χ1n) is 4.71. The van der Waals surface area contributed by atoms with E-state index in [9.17, 15) is 9.90 Å². The highest BCUT2D eigenvalue weighted by atomic mass is 16.3. The number of aliphatic hydroxyl groups is 1. The summed E-state index contributed by atoms with van der Waals surface area (Å²) in [4.78, 5) is 11.7. The lowest BCUT2D eigenvalue weighted by Gasteiger charge is -2.37. The van der Waals surface area contributed by atoms with Crippen molar-refractivity contribution in [3.63, 3.8) is 0 Å². The van der Waals surface area contributed by atoms with E-state index in [4.69, 9.17) is 0 Å². The van der Waals surface area contributed by atoms with Crippen LogP contribution in [0.4, 0.5) is 0 Å². The molecule has 3 atom stereocenters. The summed E-state index contributed by atoms with van der Waals surface area (Å²) >= 11 is 0. The fourth-order valence-corrected chi connectivity index (χ4v) is 2.01. The molecule has 0 bridgehead atoms. The van der Waals surface area contributed by atoms with E-state index >= 15 is 0 Å². The second-order valence-electron chi connectivity index (χ2n) is 4.25. The van der Waals surface area contributed by atoms with Crippen LogP contribution in [0, 0.1) is 11.3 Å². The van der Waals surface area contributed by atoms with Gasteiger partial charge in [-0.15, -0.1) is 0 Å². The van der Waals surface area contributed by atoms with Gasteiger partial charge in [-0.05, 0) is 19.8 Å². The van der Waals surface area contributed by atoms with Crippen molar-refractivity contribution in [2.24, 2.45) is 11.3 Å². The van der Waals surface area contributed by atoms with Gasteiger partial charge in [-0.25, -0.2) is 0 Å². The minimum atomic E-state index is -0.507. The van der Waals surface area contributed by atoms with E-state index in [0.717, 1.165) is 19.3 Å². The summed E-state index contributed by atoms with van der Waals surface area (Å²) < 4.78 is 0. The van der Waals surface area contributed by atoms with Crippen molar-refractivity contribution in [2.45, 2.75) is 46.1 Å². The average molecular weight is 170 g/mol. The molecule has 1 N–H and O–H groups in total.